The molecular weight excluding hydrogens is 414 g/mol. The number of rotatable bonds is 3. The lowest BCUT2D eigenvalue weighted by Crippen LogP contribution is -2.48. The van der Waals surface area contributed by atoms with Gasteiger partial charge in [-0.25, -0.2) is 4.98 Å². The minimum absolute atomic E-state index is 0.170. The van der Waals surface area contributed by atoms with Crippen LogP contribution in [0.1, 0.15) is 11.1 Å². The van der Waals surface area contributed by atoms with Crippen molar-refractivity contribution in [2.24, 2.45) is 0 Å². The average Bonchev–Trinajstić information content (AvgIpc) is 2.68. The normalized spacial score (nSPS) is 15.3. The Hall–Kier alpha value is -2.25. The fourth-order valence-corrected chi connectivity index (χ4v) is 3.18. The summed E-state index contributed by atoms with van der Waals surface area (Å²) in [7, 11) is 0. The van der Waals surface area contributed by atoms with Gasteiger partial charge in [-0.05, 0) is 29.8 Å². The van der Waals surface area contributed by atoms with Crippen molar-refractivity contribution in [1.82, 2.24) is 9.88 Å². The molecule has 2 heterocycles. The Balaban J connectivity index is 1.58. The second kappa shape index (κ2) is 8.41. The summed E-state index contributed by atoms with van der Waals surface area (Å²) in [4.78, 5) is 19.8. The number of benzene rings is 1. The van der Waals surface area contributed by atoms with Crippen molar-refractivity contribution in [1.29, 1.82) is 0 Å². The van der Waals surface area contributed by atoms with Gasteiger partial charge in [0.25, 0.3) is 0 Å². The molecule has 1 aromatic heterocycles. The molecule has 0 radical (unpaired) electrons. The van der Waals surface area contributed by atoms with Gasteiger partial charge in [0.1, 0.15) is 5.82 Å². The number of hydrogen-bond acceptors (Lipinski definition) is 3. The SMILES string of the molecule is O=C(/C=C/c1cccc(Cl)c1Cl)N1CCN(c2ccc(C(F)(F)F)cn2)CC1. The van der Waals surface area contributed by atoms with Crippen molar-refractivity contribution in [3.05, 3.63) is 63.8 Å². The molecule has 1 aliphatic heterocycles. The third kappa shape index (κ3) is 4.77. The molecule has 148 valence electrons. The lowest BCUT2D eigenvalue weighted by Gasteiger charge is -2.35. The van der Waals surface area contributed by atoms with Gasteiger partial charge in [-0.3, -0.25) is 4.79 Å². The van der Waals surface area contributed by atoms with Gasteiger partial charge in [-0.15, -0.1) is 0 Å². The zero-order valence-electron chi connectivity index (χ0n) is 14.6. The van der Waals surface area contributed by atoms with E-state index in [2.05, 4.69) is 4.98 Å². The van der Waals surface area contributed by atoms with E-state index in [9.17, 15) is 18.0 Å². The van der Waals surface area contributed by atoms with Crippen LogP contribution in [0.5, 0.6) is 0 Å². The van der Waals surface area contributed by atoms with Crippen molar-refractivity contribution in [3.8, 4) is 0 Å². The minimum Gasteiger partial charge on any atom is -0.353 e. The predicted molar refractivity (Wildman–Crippen MR) is 104 cm³/mol. The second-order valence-corrected chi connectivity index (χ2v) is 6.98. The number of carbonyl (C=O) groups is 1. The Bertz CT molecular complexity index is 877. The van der Waals surface area contributed by atoms with E-state index in [1.807, 2.05) is 4.90 Å². The van der Waals surface area contributed by atoms with E-state index < -0.39 is 11.7 Å². The number of piperazine rings is 1. The summed E-state index contributed by atoms with van der Waals surface area (Å²) in [5.41, 5.74) is -0.134. The maximum atomic E-state index is 12.6. The fourth-order valence-electron chi connectivity index (χ4n) is 2.81. The minimum atomic E-state index is -4.41. The standard InChI is InChI=1S/C19H16Cl2F3N3O/c20-15-3-1-2-13(18(15)21)4-7-17(28)27-10-8-26(9-11-27)16-6-5-14(12-25-16)19(22,23)24/h1-7,12H,8-11H2/b7-4+. The molecule has 1 aliphatic rings. The molecule has 4 nitrogen and oxygen atoms in total. The van der Waals surface area contributed by atoms with Gasteiger partial charge in [0, 0.05) is 38.5 Å². The van der Waals surface area contributed by atoms with E-state index in [1.54, 1.807) is 29.2 Å². The van der Waals surface area contributed by atoms with Crippen LogP contribution in [-0.2, 0) is 11.0 Å². The smallest absolute Gasteiger partial charge is 0.353 e. The zero-order valence-corrected chi connectivity index (χ0v) is 16.1. The molecule has 3 rings (SSSR count). The van der Waals surface area contributed by atoms with Crippen LogP contribution in [0, 0.1) is 0 Å². The first-order chi connectivity index (χ1) is 13.3. The van der Waals surface area contributed by atoms with Crippen molar-refractivity contribution < 1.29 is 18.0 Å². The van der Waals surface area contributed by atoms with Gasteiger partial charge in [0.2, 0.25) is 5.91 Å². The third-order valence-corrected chi connectivity index (χ3v) is 5.21. The number of carbonyl (C=O) groups excluding carboxylic acids is 1. The Kier molecular flexibility index (Phi) is 6.15. The van der Waals surface area contributed by atoms with Gasteiger partial charge in [0.15, 0.2) is 0 Å². The Morgan fingerprint density at radius 3 is 2.39 bits per heavy atom. The topological polar surface area (TPSA) is 36.4 Å². The summed E-state index contributed by atoms with van der Waals surface area (Å²) in [6.45, 7) is 1.84. The average molecular weight is 430 g/mol. The molecule has 0 bridgehead atoms. The van der Waals surface area contributed by atoms with Crippen LogP contribution < -0.4 is 4.90 Å². The molecule has 0 N–H and O–H groups in total. The summed E-state index contributed by atoms with van der Waals surface area (Å²) in [5.74, 6) is 0.289. The number of aromatic nitrogens is 1. The first-order valence-electron chi connectivity index (χ1n) is 8.45. The van der Waals surface area contributed by atoms with Gasteiger partial charge in [0.05, 0.1) is 15.6 Å². The number of alkyl halides is 3. The highest BCUT2D eigenvalue weighted by molar-refractivity contribution is 6.42. The monoisotopic (exact) mass is 429 g/mol. The highest BCUT2D eigenvalue weighted by Gasteiger charge is 2.31. The molecule has 0 saturated carbocycles. The molecule has 0 aliphatic carbocycles. The van der Waals surface area contributed by atoms with Gasteiger partial charge < -0.3 is 9.80 Å². The highest BCUT2D eigenvalue weighted by atomic mass is 35.5. The summed E-state index contributed by atoms with van der Waals surface area (Å²) >= 11 is 12.0. The van der Waals surface area contributed by atoms with Crippen LogP contribution in [0.25, 0.3) is 6.08 Å². The van der Waals surface area contributed by atoms with Crippen molar-refractivity contribution in [2.45, 2.75) is 6.18 Å². The van der Waals surface area contributed by atoms with Gasteiger partial charge in [-0.2, -0.15) is 13.2 Å². The van der Waals surface area contributed by atoms with Crippen LogP contribution in [0.4, 0.5) is 19.0 Å². The zero-order chi connectivity index (χ0) is 20.3. The predicted octanol–water partition coefficient (Wildman–Crippen LogP) is 4.77. The molecule has 1 fully saturated rings. The van der Waals surface area contributed by atoms with Crippen molar-refractivity contribution in [2.75, 3.05) is 31.1 Å². The maximum Gasteiger partial charge on any atom is 0.417 e. The summed E-state index contributed by atoms with van der Waals surface area (Å²) in [5, 5.41) is 0.792. The molecule has 0 spiro atoms. The number of halogens is 5. The van der Waals surface area contributed by atoms with Crippen LogP contribution in [0.15, 0.2) is 42.6 Å². The summed E-state index contributed by atoms with van der Waals surface area (Å²) in [6, 6.07) is 7.52. The fraction of sp³-hybridized carbons (Fsp3) is 0.263. The summed E-state index contributed by atoms with van der Waals surface area (Å²) in [6.07, 6.45) is -0.539. The van der Waals surface area contributed by atoms with Gasteiger partial charge >= 0.3 is 6.18 Å². The maximum absolute atomic E-state index is 12.6. The molecule has 0 atom stereocenters. The largest absolute Gasteiger partial charge is 0.417 e. The Morgan fingerprint density at radius 2 is 1.79 bits per heavy atom. The van der Waals surface area contributed by atoms with Crippen molar-refractivity contribution >= 4 is 41.0 Å². The van der Waals surface area contributed by atoms with Crippen LogP contribution in [0.2, 0.25) is 10.0 Å². The lowest BCUT2D eigenvalue weighted by atomic mass is 10.2. The molecular formula is C19H16Cl2F3N3O. The van der Waals surface area contributed by atoms with E-state index in [-0.39, 0.29) is 5.91 Å². The Labute approximate surface area is 170 Å². The quantitative estimate of drug-likeness (QED) is 0.659. The molecule has 1 aromatic carbocycles. The number of anilines is 1. The molecule has 1 amide bonds. The highest BCUT2D eigenvalue weighted by Crippen LogP contribution is 2.29. The lowest BCUT2D eigenvalue weighted by molar-refractivity contribution is -0.137. The van der Waals surface area contributed by atoms with E-state index in [0.29, 0.717) is 47.6 Å². The first-order valence-corrected chi connectivity index (χ1v) is 9.20. The number of amides is 1. The van der Waals surface area contributed by atoms with Crippen LogP contribution >= 0.6 is 23.2 Å². The van der Waals surface area contributed by atoms with E-state index in [0.717, 1.165) is 12.3 Å². The van der Waals surface area contributed by atoms with E-state index in [1.165, 1.54) is 12.1 Å². The molecule has 28 heavy (non-hydrogen) atoms. The van der Waals surface area contributed by atoms with Crippen LogP contribution in [-0.4, -0.2) is 42.0 Å². The Morgan fingerprint density at radius 1 is 1.07 bits per heavy atom. The van der Waals surface area contributed by atoms with Crippen molar-refractivity contribution in [3.63, 3.8) is 0 Å². The number of pyridine rings is 1. The van der Waals surface area contributed by atoms with Crippen LogP contribution in [0.3, 0.4) is 0 Å². The summed E-state index contributed by atoms with van der Waals surface area (Å²) < 4.78 is 37.9. The van der Waals surface area contributed by atoms with Gasteiger partial charge in [-0.1, -0.05) is 35.3 Å². The second-order valence-electron chi connectivity index (χ2n) is 6.19. The first kappa shape index (κ1) is 20.5. The van der Waals surface area contributed by atoms with E-state index in [4.69, 9.17) is 23.2 Å². The number of nitrogens with zero attached hydrogens (tertiary/aromatic N) is 3. The third-order valence-electron chi connectivity index (χ3n) is 4.38. The number of hydrogen-bond donors (Lipinski definition) is 0. The molecule has 9 heteroatoms. The van der Waals surface area contributed by atoms with E-state index >= 15 is 0 Å². The molecule has 1 saturated heterocycles. The molecule has 0 unspecified atom stereocenters. The molecule has 2 aromatic rings.